The molecule has 0 saturated carbocycles. The molecule has 0 aliphatic rings. The minimum atomic E-state index is 0. The molecule has 0 spiro atoms. The van der Waals surface area contributed by atoms with Crippen LogP contribution in [0.15, 0.2) is 0 Å². The van der Waals surface area contributed by atoms with Gasteiger partial charge in [0.15, 0.2) is 0 Å². The van der Waals surface area contributed by atoms with Crippen LogP contribution < -0.4 is 0 Å². The van der Waals surface area contributed by atoms with Crippen LogP contribution in [0.3, 0.4) is 0 Å². The minimum absolute atomic E-state index is 0. The maximum Gasteiger partial charge on any atom is 0 e. The van der Waals surface area contributed by atoms with Crippen LogP contribution in [0, 0.1) is 0 Å². The second-order valence-electron chi connectivity index (χ2n) is 0.689. The van der Waals surface area contributed by atoms with Crippen molar-refractivity contribution in [2.75, 3.05) is 4.43 Å². The molecule has 0 heterocycles. The summed E-state index contributed by atoms with van der Waals surface area (Å²) in [5.74, 6) is 0. The molecule has 5 heavy (non-hydrogen) atoms. The van der Waals surface area contributed by atoms with Gasteiger partial charge in [-0.3, -0.25) is 0 Å². The maximum absolute atomic E-state index is 2.35. The molecule has 0 N–H and O–H groups in total. The summed E-state index contributed by atoms with van der Waals surface area (Å²) in [6, 6.07) is 0. The predicted molar refractivity (Wildman–Crippen MR) is 34.9 cm³/mol. The van der Waals surface area contributed by atoms with Crippen molar-refractivity contribution < 1.29 is 0 Å². The van der Waals surface area contributed by atoms with E-state index < -0.39 is 0 Å². The molecule has 0 saturated heterocycles. The van der Waals surface area contributed by atoms with Crippen molar-refractivity contribution in [1.82, 2.24) is 0 Å². The average molecular weight is 193 g/mol. The Morgan fingerprint density at radius 3 is 1.80 bits per heavy atom. The molecule has 0 amide bonds. The smallest absolute Gasteiger partial charge is 0 e. The summed E-state index contributed by atoms with van der Waals surface area (Å²) in [5.41, 5.74) is 0. The minimum Gasteiger partial charge on any atom is -0.0864 e. The summed E-state index contributed by atoms with van der Waals surface area (Å²) in [7, 11) is 0. The van der Waals surface area contributed by atoms with Gasteiger partial charge < -0.3 is 0 Å². The molecule has 0 aromatic rings. The molecule has 0 aromatic carbocycles. The van der Waals surface area contributed by atoms with Crippen molar-refractivity contribution in [3.8, 4) is 0 Å². The van der Waals surface area contributed by atoms with E-state index in [9.17, 15) is 0 Å². The molecular weight excluding hydrogens is 186 g/mol. The van der Waals surface area contributed by atoms with Gasteiger partial charge in [0, 0.05) is 29.6 Å². The van der Waals surface area contributed by atoms with Crippen molar-refractivity contribution in [2.45, 2.75) is 13.3 Å². The Morgan fingerprint density at radius 1 is 1.60 bits per heavy atom. The summed E-state index contributed by atoms with van der Waals surface area (Å²) in [4.78, 5) is 0. The molecule has 0 atom stereocenters. The molecule has 0 nitrogen and oxygen atoms in total. The molecule has 0 rings (SSSR count). The topological polar surface area (TPSA) is 0 Å². The molecule has 0 bridgehead atoms. The van der Waals surface area contributed by atoms with E-state index in [-0.39, 0.29) is 29.6 Å². The van der Waals surface area contributed by atoms with Crippen LogP contribution in [0.2, 0.25) is 0 Å². The van der Waals surface area contributed by atoms with Crippen molar-refractivity contribution in [3.05, 3.63) is 0 Å². The zero-order chi connectivity index (χ0) is 3.41. The molecule has 0 aliphatic carbocycles. The van der Waals surface area contributed by atoms with Crippen LogP contribution in [0.1, 0.15) is 13.3 Å². The predicted octanol–water partition coefficient (Wildman–Crippen LogP) is 1.45. The largest absolute Gasteiger partial charge is 0.0864 e. The number of alkyl halides is 1. The van der Waals surface area contributed by atoms with Gasteiger partial charge in [0.2, 0.25) is 0 Å². The summed E-state index contributed by atoms with van der Waals surface area (Å²) in [5, 5.41) is 0. The Bertz CT molecular complexity index is 8.85. The van der Waals surface area contributed by atoms with Gasteiger partial charge in [-0.2, -0.15) is 0 Å². The average Bonchev–Trinajstić information content (AvgIpc) is 1.37. The van der Waals surface area contributed by atoms with Gasteiger partial charge in [0.1, 0.15) is 0 Å². The van der Waals surface area contributed by atoms with E-state index in [4.69, 9.17) is 0 Å². The third-order valence-electron chi connectivity index (χ3n) is 0.189. The molecule has 27 valence electrons. The van der Waals surface area contributed by atoms with Crippen LogP contribution in [-0.2, 0) is 0 Å². The summed E-state index contributed by atoms with van der Waals surface area (Å²) < 4.78 is 1.29. The third-order valence-corrected chi connectivity index (χ3v) is 1.27. The third kappa shape index (κ3) is 10.7. The quantitative estimate of drug-likeness (QED) is 0.336. The monoisotopic (exact) mass is 193 g/mol. The second kappa shape index (κ2) is 9.21. The van der Waals surface area contributed by atoms with E-state index in [0.29, 0.717) is 0 Å². The molecule has 0 fully saturated rings. The van der Waals surface area contributed by atoms with Gasteiger partial charge in [-0.05, 0) is 10.8 Å². The zero-order valence-corrected chi connectivity index (χ0v) is 7.95. The van der Waals surface area contributed by atoms with Crippen LogP contribution in [0.25, 0.3) is 0 Å². The SMILES string of the molecule is CCCI.[Na]. The molecule has 2 heteroatoms. The van der Waals surface area contributed by atoms with Crippen molar-refractivity contribution in [2.24, 2.45) is 0 Å². The summed E-state index contributed by atoms with van der Waals surface area (Å²) >= 11 is 2.35. The van der Waals surface area contributed by atoms with Gasteiger partial charge in [-0.25, -0.2) is 0 Å². The second-order valence-corrected chi connectivity index (χ2v) is 1.77. The van der Waals surface area contributed by atoms with Gasteiger partial charge in [-0.15, -0.1) is 0 Å². The van der Waals surface area contributed by atoms with Gasteiger partial charge in [0.05, 0.1) is 0 Å². The molecule has 0 aliphatic heterocycles. The fraction of sp³-hybridized carbons (Fsp3) is 1.00. The summed E-state index contributed by atoms with van der Waals surface area (Å²) in [6.07, 6.45) is 1.31. The van der Waals surface area contributed by atoms with E-state index in [0.717, 1.165) is 0 Å². The van der Waals surface area contributed by atoms with Crippen molar-refractivity contribution >= 4 is 52.1 Å². The van der Waals surface area contributed by atoms with Gasteiger partial charge >= 0.3 is 0 Å². The Hall–Kier alpha value is 1.73. The summed E-state index contributed by atoms with van der Waals surface area (Å²) in [6.45, 7) is 2.17. The first-order valence-electron chi connectivity index (χ1n) is 1.47. The number of rotatable bonds is 1. The van der Waals surface area contributed by atoms with E-state index in [1.165, 1.54) is 10.8 Å². The van der Waals surface area contributed by atoms with Crippen LogP contribution in [0.5, 0.6) is 0 Å². The Labute approximate surface area is 69.1 Å². The Balaban J connectivity index is 0. The standard InChI is InChI=1S/C3H7I.Na/c1-2-3-4;/h2-3H2,1H3;. The molecule has 0 aromatic heterocycles. The van der Waals surface area contributed by atoms with E-state index in [1.54, 1.807) is 0 Å². The van der Waals surface area contributed by atoms with Crippen LogP contribution in [0.4, 0.5) is 0 Å². The Morgan fingerprint density at radius 2 is 1.80 bits per heavy atom. The number of hydrogen-bond donors (Lipinski definition) is 0. The van der Waals surface area contributed by atoms with Crippen molar-refractivity contribution in [1.29, 1.82) is 0 Å². The molecule has 0 unspecified atom stereocenters. The first kappa shape index (κ1) is 9.88. The fourth-order valence-corrected chi connectivity index (χ4v) is 0. The number of halogens is 1. The molecular formula is C3H7INa. The zero-order valence-electron chi connectivity index (χ0n) is 3.79. The Kier molecular flexibility index (Phi) is 18.2. The normalized spacial score (nSPS) is 6.00. The van der Waals surface area contributed by atoms with E-state index in [2.05, 4.69) is 29.5 Å². The van der Waals surface area contributed by atoms with E-state index >= 15 is 0 Å². The van der Waals surface area contributed by atoms with Crippen molar-refractivity contribution in [3.63, 3.8) is 0 Å². The number of hydrogen-bond acceptors (Lipinski definition) is 0. The maximum atomic E-state index is 2.35. The molecule has 1 radical (unpaired) electrons. The van der Waals surface area contributed by atoms with Crippen LogP contribution >= 0.6 is 22.6 Å². The van der Waals surface area contributed by atoms with E-state index in [1.807, 2.05) is 0 Å². The van der Waals surface area contributed by atoms with Gasteiger partial charge in [-0.1, -0.05) is 29.5 Å². The van der Waals surface area contributed by atoms with Gasteiger partial charge in [0.25, 0.3) is 0 Å². The van der Waals surface area contributed by atoms with Crippen LogP contribution in [-0.4, -0.2) is 34.0 Å². The first-order chi connectivity index (χ1) is 1.91. The fourth-order valence-electron chi connectivity index (χ4n) is 0. The first-order valence-corrected chi connectivity index (χ1v) is 3.00.